The molecule has 166 valence electrons. The van der Waals surface area contributed by atoms with Gasteiger partial charge < -0.3 is 14.4 Å². The summed E-state index contributed by atoms with van der Waals surface area (Å²) in [6, 6.07) is 7.96. The molecule has 1 saturated heterocycles. The van der Waals surface area contributed by atoms with Crippen LogP contribution in [0.2, 0.25) is 10.3 Å². The third-order valence-electron chi connectivity index (χ3n) is 5.84. The molecule has 1 aliphatic rings. The highest BCUT2D eigenvalue weighted by molar-refractivity contribution is 6.32. The number of allylic oxidation sites excluding steroid dienone is 1. The fourth-order valence-electron chi connectivity index (χ4n) is 4.49. The zero-order valence-electron chi connectivity index (χ0n) is 18.7. The first-order valence-electron chi connectivity index (χ1n) is 10.7. The molecule has 1 fully saturated rings. The minimum absolute atomic E-state index is 0.328. The average molecular weight is 469 g/mol. The van der Waals surface area contributed by atoms with Crippen molar-refractivity contribution >= 4 is 39.9 Å². The largest absolute Gasteiger partial charge is 0.351 e. The first-order chi connectivity index (χ1) is 15.3. The Morgan fingerprint density at radius 1 is 1.16 bits per heavy atom. The highest BCUT2D eigenvalue weighted by atomic mass is 35.5. The lowest BCUT2D eigenvalue weighted by Gasteiger charge is -2.40. The van der Waals surface area contributed by atoms with E-state index in [-0.39, 0.29) is 0 Å². The van der Waals surface area contributed by atoms with Crippen LogP contribution in [0.3, 0.4) is 0 Å². The van der Waals surface area contributed by atoms with E-state index in [1.807, 2.05) is 7.05 Å². The van der Waals surface area contributed by atoms with Gasteiger partial charge in [-0.2, -0.15) is 5.26 Å². The van der Waals surface area contributed by atoms with E-state index in [4.69, 9.17) is 28.2 Å². The number of aryl methyl sites for hydroxylation is 2. The molecule has 0 unspecified atom stereocenters. The molecule has 8 heteroatoms. The van der Waals surface area contributed by atoms with E-state index in [1.54, 1.807) is 18.2 Å². The normalized spacial score (nSPS) is 15.8. The SMILES string of the molecule is Cc1cn(C)c2nc(CN3CCCN(c4cc(Cl)nc(Cl)c4)/C3=C\C#N)cc(C(C)C)c12. The smallest absolute Gasteiger partial charge is 0.140 e. The lowest BCUT2D eigenvalue weighted by molar-refractivity contribution is 0.292. The third-order valence-corrected chi connectivity index (χ3v) is 6.22. The number of nitriles is 1. The first-order valence-corrected chi connectivity index (χ1v) is 11.4. The highest BCUT2D eigenvalue weighted by Gasteiger charge is 2.25. The molecule has 0 atom stereocenters. The maximum absolute atomic E-state index is 9.51. The van der Waals surface area contributed by atoms with Gasteiger partial charge in [-0.15, -0.1) is 0 Å². The second kappa shape index (κ2) is 9.01. The number of halogens is 2. The van der Waals surface area contributed by atoms with Crippen LogP contribution in [0, 0.1) is 18.3 Å². The van der Waals surface area contributed by atoms with Crippen LogP contribution in [0.4, 0.5) is 5.69 Å². The van der Waals surface area contributed by atoms with E-state index in [2.05, 4.69) is 58.5 Å². The third kappa shape index (κ3) is 4.28. The summed E-state index contributed by atoms with van der Waals surface area (Å²) in [6.07, 6.45) is 4.65. The van der Waals surface area contributed by atoms with Crippen molar-refractivity contribution in [3.8, 4) is 6.07 Å². The zero-order valence-corrected chi connectivity index (χ0v) is 20.2. The quantitative estimate of drug-likeness (QED) is 0.358. The van der Waals surface area contributed by atoms with Gasteiger partial charge in [-0.25, -0.2) is 9.97 Å². The fraction of sp³-hybridized carbons (Fsp3) is 0.375. The molecule has 0 aliphatic carbocycles. The van der Waals surface area contributed by atoms with Crippen molar-refractivity contribution in [2.75, 3.05) is 18.0 Å². The van der Waals surface area contributed by atoms with Crippen molar-refractivity contribution < 1.29 is 0 Å². The second-order valence-electron chi connectivity index (χ2n) is 8.51. The number of nitrogens with zero attached hydrogens (tertiary/aromatic N) is 6. The molecule has 3 aromatic heterocycles. The monoisotopic (exact) mass is 468 g/mol. The van der Waals surface area contributed by atoms with Gasteiger partial charge >= 0.3 is 0 Å². The van der Waals surface area contributed by atoms with Crippen LogP contribution in [0.25, 0.3) is 11.0 Å². The predicted octanol–water partition coefficient (Wildman–Crippen LogP) is 5.78. The van der Waals surface area contributed by atoms with Crippen molar-refractivity contribution in [2.45, 2.75) is 39.7 Å². The summed E-state index contributed by atoms with van der Waals surface area (Å²) in [5.74, 6) is 1.20. The number of pyridine rings is 2. The van der Waals surface area contributed by atoms with Crippen molar-refractivity contribution in [1.82, 2.24) is 19.4 Å². The fourth-order valence-corrected chi connectivity index (χ4v) is 4.94. The van der Waals surface area contributed by atoms with Gasteiger partial charge in [-0.05, 0) is 48.6 Å². The molecule has 1 aliphatic heterocycles. The van der Waals surface area contributed by atoms with Gasteiger partial charge in [-0.3, -0.25) is 0 Å². The summed E-state index contributed by atoms with van der Waals surface area (Å²) in [6.45, 7) is 8.77. The van der Waals surface area contributed by atoms with Crippen molar-refractivity contribution in [2.24, 2.45) is 7.05 Å². The van der Waals surface area contributed by atoms with Gasteiger partial charge in [0.15, 0.2) is 0 Å². The molecule has 6 nitrogen and oxygen atoms in total. The maximum Gasteiger partial charge on any atom is 0.140 e. The van der Waals surface area contributed by atoms with E-state index >= 15 is 0 Å². The van der Waals surface area contributed by atoms with Gasteiger partial charge in [0, 0.05) is 37.4 Å². The summed E-state index contributed by atoms with van der Waals surface area (Å²) >= 11 is 12.3. The van der Waals surface area contributed by atoms with E-state index in [9.17, 15) is 5.26 Å². The van der Waals surface area contributed by atoms with Gasteiger partial charge in [0.25, 0.3) is 0 Å². The number of rotatable bonds is 4. The maximum atomic E-state index is 9.51. The molecule has 4 rings (SSSR count). The van der Waals surface area contributed by atoms with Crippen LogP contribution >= 0.6 is 23.2 Å². The molecule has 0 radical (unpaired) electrons. The molecule has 0 spiro atoms. The Hall–Kier alpha value is -2.75. The Balaban J connectivity index is 1.73. The summed E-state index contributed by atoms with van der Waals surface area (Å²) in [4.78, 5) is 13.3. The Morgan fingerprint density at radius 3 is 2.53 bits per heavy atom. The Kier molecular flexibility index (Phi) is 6.32. The number of aromatic nitrogens is 3. The first kappa shape index (κ1) is 22.4. The van der Waals surface area contributed by atoms with E-state index in [0.29, 0.717) is 22.8 Å². The van der Waals surface area contributed by atoms with Crippen LogP contribution in [-0.2, 0) is 13.6 Å². The van der Waals surface area contributed by atoms with Gasteiger partial charge in [-0.1, -0.05) is 37.0 Å². The average Bonchev–Trinajstić information content (AvgIpc) is 3.01. The Labute approximate surface area is 198 Å². The van der Waals surface area contributed by atoms with Crippen molar-refractivity contribution in [3.63, 3.8) is 0 Å². The van der Waals surface area contributed by atoms with Gasteiger partial charge in [0.2, 0.25) is 0 Å². The van der Waals surface area contributed by atoms with E-state index in [0.717, 1.165) is 42.4 Å². The zero-order chi connectivity index (χ0) is 23.0. The Morgan fingerprint density at radius 2 is 1.88 bits per heavy atom. The molecule has 0 saturated carbocycles. The summed E-state index contributed by atoms with van der Waals surface area (Å²) in [7, 11) is 2.04. The molecule has 0 bridgehead atoms. The minimum atomic E-state index is 0.328. The van der Waals surface area contributed by atoms with Crippen LogP contribution in [0.1, 0.15) is 43.0 Å². The predicted molar refractivity (Wildman–Crippen MR) is 130 cm³/mol. The topological polar surface area (TPSA) is 61.0 Å². The molecule has 0 amide bonds. The summed E-state index contributed by atoms with van der Waals surface area (Å²) in [5, 5.41) is 11.4. The lowest BCUT2D eigenvalue weighted by atomic mass is 9.98. The number of fused-ring (bicyclic) bond motifs is 1. The lowest BCUT2D eigenvalue weighted by Crippen LogP contribution is -2.42. The molecule has 4 heterocycles. The van der Waals surface area contributed by atoms with Crippen LogP contribution in [0.15, 0.2) is 36.3 Å². The summed E-state index contributed by atoms with van der Waals surface area (Å²) in [5.41, 5.74) is 5.35. The minimum Gasteiger partial charge on any atom is -0.351 e. The van der Waals surface area contributed by atoms with Crippen molar-refractivity contribution in [1.29, 1.82) is 5.26 Å². The Bertz CT molecular complexity index is 1220. The molecule has 0 N–H and O–H groups in total. The number of anilines is 1. The highest BCUT2D eigenvalue weighted by Crippen LogP contribution is 2.32. The molecular formula is C24H26Cl2N6. The van der Waals surface area contributed by atoms with Gasteiger partial charge in [0.05, 0.1) is 24.4 Å². The van der Waals surface area contributed by atoms with Crippen LogP contribution in [-0.4, -0.2) is 32.5 Å². The molecule has 32 heavy (non-hydrogen) atoms. The van der Waals surface area contributed by atoms with Gasteiger partial charge in [0.1, 0.15) is 21.8 Å². The number of hydrogen-bond donors (Lipinski definition) is 0. The van der Waals surface area contributed by atoms with E-state index < -0.39 is 0 Å². The summed E-state index contributed by atoms with van der Waals surface area (Å²) < 4.78 is 2.09. The molecule has 3 aromatic rings. The van der Waals surface area contributed by atoms with Crippen LogP contribution < -0.4 is 4.90 Å². The van der Waals surface area contributed by atoms with Crippen LogP contribution in [0.5, 0.6) is 0 Å². The molecule has 0 aromatic carbocycles. The number of hydrogen-bond acceptors (Lipinski definition) is 5. The standard InChI is InChI=1S/C24H26Cl2N6/c1-15(2)19-10-17(28-24-23(19)16(3)13-30(24)4)14-31-8-5-9-32(22(31)6-7-27)18-11-20(25)29-21(26)12-18/h6,10-13,15H,5,8-9,14H2,1-4H3/b22-6-. The second-order valence-corrected chi connectivity index (χ2v) is 9.28. The van der Waals surface area contributed by atoms with E-state index in [1.165, 1.54) is 16.5 Å². The molecular weight excluding hydrogens is 443 g/mol. The van der Waals surface area contributed by atoms with Crippen molar-refractivity contribution in [3.05, 3.63) is 63.4 Å².